The Hall–Kier alpha value is -2.89. The van der Waals surface area contributed by atoms with Crippen LogP contribution >= 0.6 is 0 Å². The summed E-state index contributed by atoms with van der Waals surface area (Å²) in [6.07, 6.45) is 5.08. The van der Waals surface area contributed by atoms with Gasteiger partial charge in [-0.2, -0.15) is 5.10 Å². The van der Waals surface area contributed by atoms with E-state index in [0.717, 1.165) is 22.7 Å². The Morgan fingerprint density at radius 2 is 1.95 bits per heavy atom. The van der Waals surface area contributed by atoms with Crippen LogP contribution in [0.15, 0.2) is 49.1 Å². The molecule has 106 valence electrons. The van der Waals surface area contributed by atoms with Crippen molar-refractivity contribution in [2.45, 2.75) is 0 Å². The van der Waals surface area contributed by atoms with E-state index < -0.39 is 0 Å². The average molecular weight is 282 g/mol. The Morgan fingerprint density at radius 3 is 2.67 bits per heavy atom. The monoisotopic (exact) mass is 282 g/mol. The lowest BCUT2D eigenvalue weighted by Gasteiger charge is -2.11. The maximum absolute atomic E-state index is 5.29. The van der Waals surface area contributed by atoms with E-state index >= 15 is 0 Å². The van der Waals surface area contributed by atoms with Crippen LogP contribution in [0.4, 0.5) is 0 Å². The van der Waals surface area contributed by atoms with Crippen molar-refractivity contribution < 1.29 is 9.47 Å². The van der Waals surface area contributed by atoms with Crippen molar-refractivity contribution in [3.63, 3.8) is 0 Å². The number of rotatable bonds is 4. The zero-order valence-electron chi connectivity index (χ0n) is 11.7. The lowest BCUT2D eigenvalue weighted by molar-refractivity contribution is 0.397. The molecule has 0 saturated carbocycles. The minimum atomic E-state index is 0.516. The molecule has 3 aromatic rings. The van der Waals surface area contributed by atoms with Crippen LogP contribution in [-0.4, -0.2) is 34.0 Å². The molecule has 0 saturated heterocycles. The number of methoxy groups -OCH3 is 2. The summed E-state index contributed by atoms with van der Waals surface area (Å²) in [6, 6.07) is 9.39. The Kier molecular flexibility index (Phi) is 3.51. The second-order valence-corrected chi connectivity index (χ2v) is 4.28. The van der Waals surface area contributed by atoms with Gasteiger partial charge in [-0.05, 0) is 18.2 Å². The molecule has 0 atom stereocenters. The van der Waals surface area contributed by atoms with Gasteiger partial charge in [-0.1, -0.05) is 0 Å². The third kappa shape index (κ3) is 2.55. The molecule has 0 bridgehead atoms. The van der Waals surface area contributed by atoms with E-state index in [4.69, 9.17) is 9.47 Å². The molecule has 0 aliphatic rings. The molecular formula is C15H14N4O2. The van der Waals surface area contributed by atoms with Gasteiger partial charge < -0.3 is 9.47 Å². The highest BCUT2D eigenvalue weighted by Gasteiger charge is 2.11. The highest BCUT2D eigenvalue weighted by Crippen LogP contribution is 2.29. The second-order valence-electron chi connectivity index (χ2n) is 4.28. The summed E-state index contributed by atoms with van der Waals surface area (Å²) in [5, 5.41) is 4.28. The van der Waals surface area contributed by atoms with Crippen LogP contribution in [0, 0.1) is 0 Å². The van der Waals surface area contributed by atoms with Crippen LogP contribution in [-0.2, 0) is 0 Å². The summed E-state index contributed by atoms with van der Waals surface area (Å²) in [6.45, 7) is 0. The van der Waals surface area contributed by atoms with Gasteiger partial charge in [0.15, 0.2) is 0 Å². The SMILES string of the molecule is COc1ccc(-c2cc(OC)ncn2)c(-n2cccn2)c1. The van der Waals surface area contributed by atoms with E-state index in [1.54, 1.807) is 31.2 Å². The molecular weight excluding hydrogens is 268 g/mol. The molecule has 21 heavy (non-hydrogen) atoms. The lowest BCUT2D eigenvalue weighted by atomic mass is 10.1. The van der Waals surface area contributed by atoms with Crippen molar-refractivity contribution in [2.24, 2.45) is 0 Å². The number of benzene rings is 1. The van der Waals surface area contributed by atoms with Crippen LogP contribution in [0.1, 0.15) is 0 Å². The van der Waals surface area contributed by atoms with Crippen LogP contribution in [0.3, 0.4) is 0 Å². The van der Waals surface area contributed by atoms with Crippen molar-refractivity contribution in [1.29, 1.82) is 0 Å². The van der Waals surface area contributed by atoms with Crippen molar-refractivity contribution in [3.8, 4) is 28.6 Å². The van der Waals surface area contributed by atoms with Gasteiger partial charge in [0.25, 0.3) is 0 Å². The Balaban J connectivity index is 2.17. The Bertz CT molecular complexity index is 741. The van der Waals surface area contributed by atoms with E-state index in [0.29, 0.717) is 5.88 Å². The van der Waals surface area contributed by atoms with Gasteiger partial charge in [0.2, 0.25) is 5.88 Å². The predicted octanol–water partition coefficient (Wildman–Crippen LogP) is 2.35. The highest BCUT2D eigenvalue weighted by molar-refractivity contribution is 5.71. The fraction of sp³-hybridized carbons (Fsp3) is 0.133. The summed E-state index contributed by atoms with van der Waals surface area (Å²) < 4.78 is 12.2. The van der Waals surface area contributed by atoms with Gasteiger partial charge >= 0.3 is 0 Å². The summed E-state index contributed by atoms with van der Waals surface area (Å²) >= 11 is 0. The first-order chi connectivity index (χ1) is 10.3. The quantitative estimate of drug-likeness (QED) is 0.735. The molecule has 6 nitrogen and oxygen atoms in total. The zero-order chi connectivity index (χ0) is 14.7. The van der Waals surface area contributed by atoms with Gasteiger partial charge in [-0.3, -0.25) is 0 Å². The molecule has 0 radical (unpaired) electrons. The molecule has 0 amide bonds. The average Bonchev–Trinajstić information content (AvgIpc) is 3.08. The zero-order valence-corrected chi connectivity index (χ0v) is 11.7. The third-order valence-corrected chi connectivity index (χ3v) is 3.08. The molecule has 6 heteroatoms. The summed E-state index contributed by atoms with van der Waals surface area (Å²) in [7, 11) is 3.21. The number of hydrogen-bond acceptors (Lipinski definition) is 5. The van der Waals surface area contributed by atoms with Crippen molar-refractivity contribution in [3.05, 3.63) is 49.1 Å². The first kappa shape index (κ1) is 13.1. The molecule has 0 N–H and O–H groups in total. The standard InChI is InChI=1S/C15H14N4O2/c1-20-11-4-5-12(13-9-15(21-2)17-10-16-13)14(8-11)19-7-3-6-18-19/h3-10H,1-2H3. The smallest absolute Gasteiger partial charge is 0.216 e. The first-order valence-corrected chi connectivity index (χ1v) is 6.36. The molecule has 0 aliphatic heterocycles. The number of aromatic nitrogens is 4. The lowest BCUT2D eigenvalue weighted by Crippen LogP contribution is -2.00. The van der Waals surface area contributed by atoms with Gasteiger partial charge in [0, 0.05) is 30.1 Å². The van der Waals surface area contributed by atoms with Crippen molar-refractivity contribution in [1.82, 2.24) is 19.7 Å². The fourth-order valence-electron chi connectivity index (χ4n) is 2.05. The van der Waals surface area contributed by atoms with E-state index in [-0.39, 0.29) is 0 Å². The number of ether oxygens (including phenoxy) is 2. The largest absolute Gasteiger partial charge is 0.497 e. The summed E-state index contributed by atoms with van der Waals surface area (Å²) in [5.74, 6) is 1.27. The Morgan fingerprint density at radius 1 is 1.05 bits per heavy atom. The maximum Gasteiger partial charge on any atom is 0.216 e. The topological polar surface area (TPSA) is 62.1 Å². The third-order valence-electron chi connectivity index (χ3n) is 3.08. The van der Waals surface area contributed by atoms with Gasteiger partial charge in [-0.25, -0.2) is 14.6 Å². The summed E-state index contributed by atoms with van der Waals surface area (Å²) in [4.78, 5) is 8.34. The van der Waals surface area contributed by atoms with E-state index in [1.807, 2.05) is 30.5 Å². The highest BCUT2D eigenvalue weighted by atomic mass is 16.5. The van der Waals surface area contributed by atoms with E-state index in [1.165, 1.54) is 6.33 Å². The number of hydrogen-bond donors (Lipinski definition) is 0. The minimum absolute atomic E-state index is 0.516. The Labute approximate surface area is 122 Å². The molecule has 1 aromatic carbocycles. The molecule has 3 rings (SSSR count). The number of nitrogens with zero attached hydrogens (tertiary/aromatic N) is 4. The van der Waals surface area contributed by atoms with Crippen LogP contribution in [0.5, 0.6) is 11.6 Å². The molecule has 2 aromatic heterocycles. The normalized spacial score (nSPS) is 10.4. The van der Waals surface area contributed by atoms with Crippen LogP contribution < -0.4 is 9.47 Å². The van der Waals surface area contributed by atoms with Crippen LogP contribution in [0.25, 0.3) is 16.9 Å². The van der Waals surface area contributed by atoms with Crippen molar-refractivity contribution in [2.75, 3.05) is 14.2 Å². The van der Waals surface area contributed by atoms with Gasteiger partial charge in [0.05, 0.1) is 25.6 Å². The second kappa shape index (κ2) is 5.62. The maximum atomic E-state index is 5.29. The fourth-order valence-corrected chi connectivity index (χ4v) is 2.05. The summed E-state index contributed by atoms with van der Waals surface area (Å²) in [5.41, 5.74) is 2.55. The first-order valence-electron chi connectivity index (χ1n) is 6.36. The van der Waals surface area contributed by atoms with Crippen LogP contribution in [0.2, 0.25) is 0 Å². The molecule has 0 unspecified atom stereocenters. The molecule has 0 fully saturated rings. The van der Waals surface area contributed by atoms with Gasteiger partial charge in [0.1, 0.15) is 12.1 Å². The van der Waals surface area contributed by atoms with Crippen molar-refractivity contribution >= 4 is 0 Å². The predicted molar refractivity (Wildman–Crippen MR) is 77.7 cm³/mol. The van der Waals surface area contributed by atoms with E-state index in [9.17, 15) is 0 Å². The molecule has 0 spiro atoms. The minimum Gasteiger partial charge on any atom is -0.497 e. The molecule has 2 heterocycles. The van der Waals surface area contributed by atoms with E-state index in [2.05, 4.69) is 15.1 Å². The molecule has 0 aliphatic carbocycles. The van der Waals surface area contributed by atoms with Gasteiger partial charge in [-0.15, -0.1) is 0 Å².